The lowest BCUT2D eigenvalue weighted by molar-refractivity contribution is 0.0681. The highest BCUT2D eigenvalue weighted by Crippen LogP contribution is 2.24. The first-order chi connectivity index (χ1) is 7.27. The topological polar surface area (TPSA) is 44.5 Å². The van der Waals surface area contributed by atoms with Crippen molar-refractivity contribution in [1.29, 1.82) is 0 Å². The average molecular weight is 211 g/mol. The summed E-state index contributed by atoms with van der Waals surface area (Å²) in [4.78, 5) is 0. The molecule has 0 aliphatic carbocycles. The number of benzene rings is 1. The molecule has 82 valence electrons. The van der Waals surface area contributed by atoms with Crippen molar-refractivity contribution in [2.24, 2.45) is 0 Å². The SMILES string of the molecule is Nc1c(F)cccc1OC[C@H]1CCCO1. The molecule has 1 fully saturated rings. The van der Waals surface area contributed by atoms with Gasteiger partial charge in [-0.15, -0.1) is 0 Å². The van der Waals surface area contributed by atoms with Crippen LogP contribution in [0.4, 0.5) is 10.1 Å². The Hall–Kier alpha value is -1.29. The molecular weight excluding hydrogens is 197 g/mol. The highest BCUT2D eigenvalue weighted by molar-refractivity contribution is 5.53. The second kappa shape index (κ2) is 4.49. The summed E-state index contributed by atoms with van der Waals surface area (Å²) in [6.45, 7) is 1.22. The van der Waals surface area contributed by atoms with E-state index < -0.39 is 5.82 Å². The Bertz CT molecular complexity index is 337. The van der Waals surface area contributed by atoms with Crippen LogP contribution < -0.4 is 10.5 Å². The van der Waals surface area contributed by atoms with E-state index in [9.17, 15) is 4.39 Å². The molecule has 2 rings (SSSR count). The van der Waals surface area contributed by atoms with Crippen LogP contribution in [0.1, 0.15) is 12.8 Å². The highest BCUT2D eigenvalue weighted by Gasteiger charge is 2.16. The van der Waals surface area contributed by atoms with Gasteiger partial charge in [-0.1, -0.05) is 6.07 Å². The predicted molar refractivity (Wildman–Crippen MR) is 55.3 cm³/mol. The molecule has 2 N–H and O–H groups in total. The lowest BCUT2D eigenvalue weighted by atomic mass is 10.2. The minimum absolute atomic E-state index is 0.0653. The first kappa shape index (κ1) is 10.2. The van der Waals surface area contributed by atoms with Gasteiger partial charge in [-0.3, -0.25) is 0 Å². The molecule has 0 bridgehead atoms. The molecule has 4 heteroatoms. The van der Waals surface area contributed by atoms with E-state index in [1.165, 1.54) is 6.07 Å². The van der Waals surface area contributed by atoms with Crippen LogP contribution in [0.3, 0.4) is 0 Å². The third-order valence-electron chi connectivity index (χ3n) is 2.46. The Morgan fingerprint density at radius 2 is 2.40 bits per heavy atom. The number of hydrogen-bond donors (Lipinski definition) is 1. The standard InChI is InChI=1S/C11H14FNO2/c12-9-4-1-5-10(11(9)13)15-7-8-3-2-6-14-8/h1,4-5,8H,2-3,6-7,13H2/t8-/m1/s1. The number of halogens is 1. The summed E-state index contributed by atoms with van der Waals surface area (Å²) < 4.78 is 23.8. The number of anilines is 1. The fourth-order valence-corrected chi connectivity index (χ4v) is 1.60. The lowest BCUT2D eigenvalue weighted by Crippen LogP contribution is -2.16. The van der Waals surface area contributed by atoms with Gasteiger partial charge in [-0.2, -0.15) is 0 Å². The number of nitrogen functional groups attached to an aromatic ring is 1. The quantitative estimate of drug-likeness (QED) is 0.777. The highest BCUT2D eigenvalue weighted by atomic mass is 19.1. The maximum atomic E-state index is 13.0. The Morgan fingerprint density at radius 1 is 1.53 bits per heavy atom. The largest absolute Gasteiger partial charge is 0.489 e. The first-order valence-electron chi connectivity index (χ1n) is 5.06. The fourth-order valence-electron chi connectivity index (χ4n) is 1.60. The predicted octanol–water partition coefficient (Wildman–Crippen LogP) is 1.97. The van der Waals surface area contributed by atoms with Crippen LogP contribution in [-0.2, 0) is 4.74 Å². The van der Waals surface area contributed by atoms with Crippen LogP contribution in [-0.4, -0.2) is 19.3 Å². The van der Waals surface area contributed by atoms with E-state index in [1.807, 2.05) is 0 Å². The van der Waals surface area contributed by atoms with Gasteiger partial charge in [0, 0.05) is 6.61 Å². The second-order valence-electron chi connectivity index (χ2n) is 3.60. The summed E-state index contributed by atoms with van der Waals surface area (Å²) in [6.07, 6.45) is 2.18. The Kier molecular flexibility index (Phi) is 3.06. The van der Waals surface area contributed by atoms with Crippen LogP contribution in [0.15, 0.2) is 18.2 Å². The maximum absolute atomic E-state index is 13.0. The van der Waals surface area contributed by atoms with E-state index in [-0.39, 0.29) is 11.8 Å². The molecule has 1 atom stereocenters. The molecule has 3 nitrogen and oxygen atoms in total. The summed E-state index contributed by atoms with van der Waals surface area (Å²) >= 11 is 0. The van der Waals surface area contributed by atoms with Gasteiger partial charge in [-0.25, -0.2) is 4.39 Å². The van der Waals surface area contributed by atoms with Crippen molar-refractivity contribution in [1.82, 2.24) is 0 Å². The van der Waals surface area contributed by atoms with E-state index in [2.05, 4.69) is 0 Å². The van der Waals surface area contributed by atoms with E-state index in [0.717, 1.165) is 19.4 Å². The summed E-state index contributed by atoms with van der Waals surface area (Å²) in [5, 5.41) is 0. The first-order valence-corrected chi connectivity index (χ1v) is 5.06. The average Bonchev–Trinajstić information content (AvgIpc) is 2.73. The number of ether oxygens (including phenoxy) is 2. The van der Waals surface area contributed by atoms with Crippen LogP contribution in [0.5, 0.6) is 5.75 Å². The molecule has 0 aromatic heterocycles. The maximum Gasteiger partial charge on any atom is 0.149 e. The summed E-state index contributed by atoms with van der Waals surface area (Å²) in [5.74, 6) is -0.0506. The van der Waals surface area contributed by atoms with Gasteiger partial charge in [0.25, 0.3) is 0 Å². The van der Waals surface area contributed by atoms with E-state index in [0.29, 0.717) is 12.4 Å². The molecule has 1 aliphatic heterocycles. The molecular formula is C11H14FNO2. The molecule has 0 radical (unpaired) electrons. The molecule has 1 aromatic rings. The van der Waals surface area contributed by atoms with Crippen LogP contribution in [0.25, 0.3) is 0 Å². The van der Waals surface area contributed by atoms with Gasteiger partial charge in [0.2, 0.25) is 0 Å². The number of hydrogen-bond acceptors (Lipinski definition) is 3. The lowest BCUT2D eigenvalue weighted by Gasteiger charge is -2.12. The third kappa shape index (κ3) is 2.39. The number of nitrogens with two attached hydrogens (primary N) is 1. The minimum Gasteiger partial charge on any atom is -0.489 e. The Morgan fingerprint density at radius 3 is 3.13 bits per heavy atom. The van der Waals surface area contributed by atoms with Crippen molar-refractivity contribution in [3.8, 4) is 5.75 Å². The van der Waals surface area contributed by atoms with Crippen molar-refractivity contribution in [3.05, 3.63) is 24.0 Å². The molecule has 1 aliphatic rings. The molecule has 1 saturated heterocycles. The zero-order chi connectivity index (χ0) is 10.7. The van der Waals surface area contributed by atoms with Crippen molar-refractivity contribution in [2.75, 3.05) is 18.9 Å². The molecule has 1 heterocycles. The van der Waals surface area contributed by atoms with Crippen LogP contribution in [0.2, 0.25) is 0 Å². The van der Waals surface area contributed by atoms with Crippen molar-refractivity contribution < 1.29 is 13.9 Å². The van der Waals surface area contributed by atoms with E-state index in [1.54, 1.807) is 12.1 Å². The normalized spacial score (nSPS) is 20.5. The minimum atomic E-state index is -0.445. The van der Waals surface area contributed by atoms with Crippen LogP contribution in [0, 0.1) is 5.82 Å². The summed E-state index contributed by atoms with van der Waals surface area (Å²) in [7, 11) is 0. The molecule has 1 aromatic carbocycles. The molecule has 0 saturated carbocycles. The second-order valence-corrected chi connectivity index (χ2v) is 3.60. The zero-order valence-electron chi connectivity index (χ0n) is 8.41. The zero-order valence-corrected chi connectivity index (χ0v) is 8.41. The van der Waals surface area contributed by atoms with Gasteiger partial charge in [0.05, 0.1) is 6.10 Å². The Balaban J connectivity index is 1.95. The van der Waals surface area contributed by atoms with Crippen molar-refractivity contribution >= 4 is 5.69 Å². The number of rotatable bonds is 3. The molecule has 15 heavy (non-hydrogen) atoms. The monoisotopic (exact) mass is 211 g/mol. The molecule has 0 spiro atoms. The fraction of sp³-hybridized carbons (Fsp3) is 0.455. The van der Waals surface area contributed by atoms with Crippen molar-refractivity contribution in [3.63, 3.8) is 0 Å². The van der Waals surface area contributed by atoms with Gasteiger partial charge in [0.1, 0.15) is 23.9 Å². The third-order valence-corrected chi connectivity index (χ3v) is 2.46. The van der Waals surface area contributed by atoms with Gasteiger partial charge >= 0.3 is 0 Å². The summed E-state index contributed by atoms with van der Waals surface area (Å²) in [6, 6.07) is 4.55. The number of para-hydroxylation sites is 1. The van der Waals surface area contributed by atoms with E-state index >= 15 is 0 Å². The van der Waals surface area contributed by atoms with Gasteiger partial charge in [0.15, 0.2) is 0 Å². The van der Waals surface area contributed by atoms with Crippen LogP contribution >= 0.6 is 0 Å². The summed E-state index contributed by atoms with van der Waals surface area (Å²) in [5.41, 5.74) is 5.59. The molecule has 0 amide bonds. The molecule has 0 unspecified atom stereocenters. The van der Waals surface area contributed by atoms with Gasteiger partial charge < -0.3 is 15.2 Å². The van der Waals surface area contributed by atoms with Gasteiger partial charge in [-0.05, 0) is 25.0 Å². The van der Waals surface area contributed by atoms with E-state index in [4.69, 9.17) is 15.2 Å². The Labute approximate surface area is 88.0 Å². The smallest absolute Gasteiger partial charge is 0.149 e. The van der Waals surface area contributed by atoms with Crippen molar-refractivity contribution in [2.45, 2.75) is 18.9 Å².